The molecule has 0 unspecified atom stereocenters. The average molecular weight is 281 g/mol. The minimum absolute atomic E-state index is 0.105. The lowest BCUT2D eigenvalue weighted by Crippen LogP contribution is -2.08. The van der Waals surface area contributed by atoms with Gasteiger partial charge in [-0.3, -0.25) is 0 Å². The van der Waals surface area contributed by atoms with Crippen LogP contribution in [0.4, 0.5) is 0 Å². The molecule has 0 radical (unpaired) electrons. The quantitative estimate of drug-likeness (QED) is 0.931. The van der Waals surface area contributed by atoms with E-state index in [0.29, 0.717) is 23.1 Å². The van der Waals surface area contributed by atoms with E-state index in [9.17, 15) is 4.79 Å². The molecule has 1 aromatic heterocycles. The first-order chi connectivity index (χ1) is 9.15. The second-order valence-electron chi connectivity index (χ2n) is 4.01. The van der Waals surface area contributed by atoms with Gasteiger partial charge in [0, 0.05) is 11.1 Å². The Kier molecular flexibility index (Phi) is 2.79. The highest BCUT2D eigenvalue weighted by atomic mass is 35.5. The number of carbonyl (C=O) groups is 1. The Morgan fingerprint density at radius 2 is 2.16 bits per heavy atom. The number of carboxylic acid groups (broad SMARTS) is 1. The van der Waals surface area contributed by atoms with Crippen molar-refractivity contribution in [2.24, 2.45) is 0 Å². The molecule has 0 spiro atoms. The molecule has 19 heavy (non-hydrogen) atoms. The number of carboxylic acids is 1. The van der Waals surface area contributed by atoms with Crippen LogP contribution >= 0.6 is 11.6 Å². The van der Waals surface area contributed by atoms with Crippen LogP contribution in [-0.2, 0) is 6.54 Å². The Labute approximate surface area is 113 Å². The molecule has 1 N–H and O–H groups in total. The number of benzene rings is 1. The Morgan fingerprint density at radius 3 is 2.89 bits per heavy atom. The van der Waals surface area contributed by atoms with E-state index in [4.69, 9.17) is 26.2 Å². The summed E-state index contributed by atoms with van der Waals surface area (Å²) in [5.74, 6) is 0.170. The van der Waals surface area contributed by atoms with E-state index >= 15 is 0 Å². The van der Waals surface area contributed by atoms with Crippen LogP contribution in [0.25, 0.3) is 0 Å². The van der Waals surface area contributed by atoms with Crippen molar-refractivity contribution in [3.8, 4) is 11.5 Å². The van der Waals surface area contributed by atoms with Crippen molar-refractivity contribution in [3.05, 3.63) is 40.9 Å². The fraction of sp³-hybridized carbons (Fsp3) is 0.167. The van der Waals surface area contributed by atoms with Gasteiger partial charge >= 0.3 is 5.97 Å². The van der Waals surface area contributed by atoms with Gasteiger partial charge in [-0.15, -0.1) is 0 Å². The number of hydrogen-bond donors (Lipinski definition) is 1. The van der Waals surface area contributed by atoms with E-state index in [1.807, 2.05) is 0 Å². The summed E-state index contributed by atoms with van der Waals surface area (Å²) in [6.07, 6.45) is 2.74. The number of rotatable bonds is 3. The molecule has 7 heteroatoms. The lowest BCUT2D eigenvalue weighted by atomic mass is 10.2. The van der Waals surface area contributed by atoms with Crippen molar-refractivity contribution in [3.63, 3.8) is 0 Å². The van der Waals surface area contributed by atoms with E-state index in [0.717, 1.165) is 5.56 Å². The largest absolute Gasteiger partial charge is 0.477 e. The number of aromatic nitrogens is 2. The number of fused-ring (bicyclic) bond motifs is 1. The molecule has 0 amide bonds. The standard InChI is InChI=1S/C12H9ClN2O4/c13-8-2-11-10(18-6-19-11)1-7(8)4-15-5-14-3-9(15)12(16)17/h1-3,5H,4,6H2,(H,16,17). The van der Waals surface area contributed by atoms with Gasteiger partial charge in [-0.05, 0) is 11.6 Å². The van der Waals surface area contributed by atoms with Crippen LogP contribution < -0.4 is 9.47 Å². The lowest BCUT2D eigenvalue weighted by molar-refractivity contribution is 0.0685. The van der Waals surface area contributed by atoms with Gasteiger partial charge in [-0.25, -0.2) is 9.78 Å². The summed E-state index contributed by atoms with van der Waals surface area (Å²) in [5, 5.41) is 9.51. The smallest absolute Gasteiger partial charge is 0.354 e. The molecule has 1 aromatic carbocycles. The van der Waals surface area contributed by atoms with Crippen LogP contribution in [0.2, 0.25) is 5.02 Å². The Morgan fingerprint density at radius 1 is 1.42 bits per heavy atom. The zero-order valence-corrected chi connectivity index (χ0v) is 10.4. The molecular weight excluding hydrogens is 272 g/mol. The molecular formula is C12H9ClN2O4. The average Bonchev–Trinajstić information content (AvgIpc) is 2.98. The number of aromatic carboxylic acids is 1. The first-order valence-electron chi connectivity index (χ1n) is 5.46. The number of nitrogens with zero attached hydrogens (tertiary/aromatic N) is 2. The van der Waals surface area contributed by atoms with Crippen LogP contribution in [0.3, 0.4) is 0 Å². The van der Waals surface area contributed by atoms with Gasteiger partial charge < -0.3 is 19.1 Å². The fourth-order valence-electron chi connectivity index (χ4n) is 1.89. The summed E-state index contributed by atoms with van der Waals surface area (Å²) in [6, 6.07) is 3.41. The highest BCUT2D eigenvalue weighted by Crippen LogP contribution is 2.37. The van der Waals surface area contributed by atoms with Gasteiger partial charge in [0.15, 0.2) is 11.5 Å². The van der Waals surface area contributed by atoms with Gasteiger partial charge in [0.25, 0.3) is 0 Å². The highest BCUT2D eigenvalue weighted by molar-refractivity contribution is 6.31. The van der Waals surface area contributed by atoms with Crippen molar-refractivity contribution >= 4 is 17.6 Å². The van der Waals surface area contributed by atoms with E-state index in [-0.39, 0.29) is 12.5 Å². The molecule has 0 bridgehead atoms. The molecule has 0 saturated carbocycles. The minimum atomic E-state index is -1.03. The third-order valence-electron chi connectivity index (χ3n) is 2.81. The lowest BCUT2D eigenvalue weighted by Gasteiger charge is -2.08. The summed E-state index contributed by atoms with van der Waals surface area (Å²) in [7, 11) is 0. The molecule has 6 nitrogen and oxygen atoms in total. The van der Waals surface area contributed by atoms with Gasteiger partial charge in [0.2, 0.25) is 6.79 Å². The molecule has 2 aromatic rings. The van der Waals surface area contributed by atoms with Crippen LogP contribution in [0.15, 0.2) is 24.7 Å². The van der Waals surface area contributed by atoms with E-state index in [2.05, 4.69) is 4.98 Å². The molecule has 1 aliphatic heterocycles. The maximum atomic E-state index is 11.0. The highest BCUT2D eigenvalue weighted by Gasteiger charge is 2.18. The van der Waals surface area contributed by atoms with Crippen molar-refractivity contribution in [2.45, 2.75) is 6.54 Å². The van der Waals surface area contributed by atoms with Crippen molar-refractivity contribution in [1.82, 2.24) is 9.55 Å². The molecule has 0 atom stereocenters. The molecule has 98 valence electrons. The number of ether oxygens (including phenoxy) is 2. The van der Waals surface area contributed by atoms with Crippen LogP contribution in [0, 0.1) is 0 Å². The third kappa shape index (κ3) is 2.10. The topological polar surface area (TPSA) is 73.6 Å². The van der Waals surface area contributed by atoms with Crippen LogP contribution in [0.1, 0.15) is 16.1 Å². The van der Waals surface area contributed by atoms with E-state index < -0.39 is 5.97 Å². The Hall–Kier alpha value is -2.21. The summed E-state index contributed by atoms with van der Waals surface area (Å²) >= 11 is 6.14. The first-order valence-corrected chi connectivity index (χ1v) is 5.84. The predicted octanol–water partition coefficient (Wildman–Crippen LogP) is 2.01. The second-order valence-corrected chi connectivity index (χ2v) is 4.42. The molecule has 2 heterocycles. The van der Waals surface area contributed by atoms with Crippen molar-refractivity contribution in [1.29, 1.82) is 0 Å². The van der Waals surface area contributed by atoms with Gasteiger partial charge in [-0.2, -0.15) is 0 Å². The van der Waals surface area contributed by atoms with E-state index in [1.54, 1.807) is 12.1 Å². The number of hydrogen-bond acceptors (Lipinski definition) is 4. The van der Waals surface area contributed by atoms with Crippen LogP contribution in [-0.4, -0.2) is 27.4 Å². The molecule has 0 saturated heterocycles. The SMILES string of the molecule is O=C(O)c1cncn1Cc1cc2c(cc1Cl)OCO2. The van der Waals surface area contributed by atoms with Crippen molar-refractivity contribution in [2.75, 3.05) is 6.79 Å². The normalized spacial score (nSPS) is 12.7. The van der Waals surface area contributed by atoms with Crippen molar-refractivity contribution < 1.29 is 19.4 Å². The molecule has 0 aliphatic carbocycles. The predicted molar refractivity (Wildman–Crippen MR) is 65.9 cm³/mol. The summed E-state index contributed by atoms with van der Waals surface area (Å²) in [4.78, 5) is 14.8. The Bertz CT molecular complexity index is 653. The second kappa shape index (κ2) is 4.47. The maximum absolute atomic E-state index is 11.0. The molecule has 3 rings (SSSR count). The number of imidazole rings is 1. The Balaban J connectivity index is 1.95. The summed E-state index contributed by atoms with van der Waals surface area (Å²) in [5.41, 5.74) is 0.847. The van der Waals surface area contributed by atoms with E-state index in [1.165, 1.54) is 17.1 Å². The zero-order chi connectivity index (χ0) is 13.4. The molecule has 0 fully saturated rings. The first kappa shape index (κ1) is 11.9. The number of halogens is 1. The summed E-state index contributed by atoms with van der Waals surface area (Å²) in [6.45, 7) is 0.470. The third-order valence-corrected chi connectivity index (χ3v) is 3.17. The minimum Gasteiger partial charge on any atom is -0.477 e. The molecule has 1 aliphatic rings. The van der Waals surface area contributed by atoms with Gasteiger partial charge in [0.1, 0.15) is 5.69 Å². The summed E-state index contributed by atoms with van der Waals surface area (Å²) < 4.78 is 12.0. The fourth-order valence-corrected chi connectivity index (χ4v) is 2.10. The maximum Gasteiger partial charge on any atom is 0.354 e. The van der Waals surface area contributed by atoms with Gasteiger partial charge in [0.05, 0.1) is 19.1 Å². The zero-order valence-electron chi connectivity index (χ0n) is 9.67. The van der Waals surface area contributed by atoms with Crippen LogP contribution in [0.5, 0.6) is 11.5 Å². The van der Waals surface area contributed by atoms with Gasteiger partial charge in [-0.1, -0.05) is 11.6 Å². The monoisotopic (exact) mass is 280 g/mol.